The summed E-state index contributed by atoms with van der Waals surface area (Å²) in [5, 5.41) is 23.9. The van der Waals surface area contributed by atoms with Gasteiger partial charge in [0.15, 0.2) is 5.84 Å². The van der Waals surface area contributed by atoms with Crippen LogP contribution in [-0.2, 0) is 6.54 Å². The van der Waals surface area contributed by atoms with E-state index in [-0.39, 0.29) is 18.3 Å². The van der Waals surface area contributed by atoms with E-state index in [2.05, 4.69) is 0 Å². The molecule has 0 unspecified atom stereocenters. The number of aromatic nitrogens is 1. The Hall–Kier alpha value is -3.75. The van der Waals surface area contributed by atoms with Crippen LogP contribution in [0, 0.1) is 0 Å². The molecule has 1 aliphatic rings. The second kappa shape index (κ2) is 9.72. The first kappa shape index (κ1) is 22.7. The number of amidine groups is 1. The maximum absolute atomic E-state index is 13.3. The lowest BCUT2D eigenvalue weighted by Gasteiger charge is -2.15. The highest BCUT2D eigenvalue weighted by molar-refractivity contribution is 6.14. The Kier molecular flexibility index (Phi) is 6.13. The van der Waals surface area contributed by atoms with Gasteiger partial charge in [-0.15, -0.1) is 0 Å². The van der Waals surface area contributed by atoms with Crippen molar-refractivity contribution in [2.45, 2.75) is 32.4 Å². The van der Waals surface area contributed by atoms with Crippen molar-refractivity contribution in [3.63, 3.8) is 0 Å². The van der Waals surface area contributed by atoms with E-state index in [1.807, 2.05) is 61.5 Å². The number of aliphatic imine (C=N–C) groups is 1. The van der Waals surface area contributed by atoms with E-state index in [9.17, 15) is 15.0 Å². The molecule has 8 heteroatoms. The predicted octanol–water partition coefficient (Wildman–Crippen LogP) is 3.39. The standard InChI is InChI=1S/C28H30N4O4/c1-17(33)12-15-36-19-10-8-18(9-11-19)26-29-23-16-22-24-20(25(23)30-26)6-4-7-21(24)27(34)32(28(22)35)14-5-13-31(2)3/h4,6-11,16-17,33,35H,5,12-15H2,1-3H3/t17-/m1/s1/i1D. The lowest BCUT2D eigenvalue weighted by molar-refractivity contribution is 0.155. The number of hydrogen-bond acceptors (Lipinski definition) is 7. The molecule has 4 aromatic rings. The molecular formula is C28H30N4O4. The Morgan fingerprint density at radius 3 is 2.64 bits per heavy atom. The molecule has 5 rings (SSSR count). The van der Waals surface area contributed by atoms with Crippen molar-refractivity contribution in [2.75, 3.05) is 27.2 Å². The molecule has 0 spiro atoms. The van der Waals surface area contributed by atoms with Crippen LogP contribution in [-0.4, -0.2) is 58.9 Å². The molecule has 3 aromatic carbocycles. The summed E-state index contributed by atoms with van der Waals surface area (Å²) in [5.74, 6) is 1.16. The van der Waals surface area contributed by atoms with Gasteiger partial charge in [-0.3, -0.25) is 9.36 Å². The number of aliphatic hydroxyl groups excluding tert-OH is 1. The zero-order valence-electron chi connectivity index (χ0n) is 21.4. The molecule has 1 aromatic heterocycles. The van der Waals surface area contributed by atoms with Crippen LogP contribution in [0.15, 0.2) is 63.3 Å². The van der Waals surface area contributed by atoms with Gasteiger partial charge in [0.2, 0.25) is 5.88 Å². The molecule has 1 atom stereocenters. The van der Waals surface area contributed by atoms with Crippen molar-refractivity contribution in [1.82, 2.24) is 9.47 Å². The van der Waals surface area contributed by atoms with Crippen LogP contribution in [0.5, 0.6) is 11.6 Å². The lowest BCUT2D eigenvalue weighted by atomic mass is 10.0. The van der Waals surface area contributed by atoms with Crippen LogP contribution in [0.1, 0.15) is 26.7 Å². The van der Waals surface area contributed by atoms with Crippen molar-refractivity contribution in [1.29, 1.82) is 0 Å². The first-order chi connectivity index (χ1) is 17.9. The van der Waals surface area contributed by atoms with E-state index >= 15 is 0 Å². The fraction of sp³-hybridized carbons (Fsp3) is 0.321. The maximum Gasteiger partial charge on any atom is 0.261 e. The highest BCUT2D eigenvalue weighted by atomic mass is 16.5. The van der Waals surface area contributed by atoms with E-state index < -0.39 is 6.10 Å². The van der Waals surface area contributed by atoms with Crippen LogP contribution >= 0.6 is 0 Å². The second-order valence-electron chi connectivity index (χ2n) is 9.32. The van der Waals surface area contributed by atoms with Gasteiger partial charge in [-0.05, 0) is 70.4 Å². The number of ether oxygens (including phenoxy) is 1. The molecule has 2 heterocycles. The van der Waals surface area contributed by atoms with Gasteiger partial charge in [0.25, 0.3) is 5.56 Å². The minimum absolute atomic E-state index is 0.0414. The van der Waals surface area contributed by atoms with Gasteiger partial charge < -0.3 is 19.8 Å². The van der Waals surface area contributed by atoms with Gasteiger partial charge in [-0.25, -0.2) is 9.98 Å². The number of hydrogen-bond donors (Lipinski definition) is 2. The van der Waals surface area contributed by atoms with Crippen molar-refractivity contribution in [3.8, 4) is 11.6 Å². The van der Waals surface area contributed by atoms with Crippen molar-refractivity contribution < 1.29 is 16.3 Å². The summed E-state index contributed by atoms with van der Waals surface area (Å²) in [6, 6.07) is 14.8. The highest BCUT2D eigenvalue weighted by Gasteiger charge is 2.21. The number of rotatable bonds is 9. The first-order valence-electron chi connectivity index (χ1n) is 12.7. The monoisotopic (exact) mass is 487 g/mol. The molecule has 1 aliphatic heterocycles. The van der Waals surface area contributed by atoms with Gasteiger partial charge in [0, 0.05) is 41.4 Å². The third-order valence-corrected chi connectivity index (χ3v) is 6.35. The first-order valence-corrected chi connectivity index (χ1v) is 12.0. The molecule has 0 fully saturated rings. The average molecular weight is 488 g/mol. The summed E-state index contributed by atoms with van der Waals surface area (Å²) in [4.78, 5) is 24.9. The molecule has 0 radical (unpaired) electrons. The number of aliphatic hydroxyl groups is 1. The summed E-state index contributed by atoms with van der Waals surface area (Å²) in [6.45, 7) is 1.52. The van der Waals surface area contributed by atoms with Gasteiger partial charge in [0.05, 0.1) is 23.8 Å². The van der Waals surface area contributed by atoms with Crippen molar-refractivity contribution in [2.24, 2.45) is 9.98 Å². The highest BCUT2D eigenvalue weighted by Crippen LogP contribution is 2.33. The van der Waals surface area contributed by atoms with Crippen LogP contribution < -0.4 is 15.7 Å². The predicted molar refractivity (Wildman–Crippen MR) is 142 cm³/mol. The Balaban J connectivity index is 1.50. The molecule has 0 amide bonds. The molecular weight excluding hydrogens is 456 g/mol. The quantitative estimate of drug-likeness (QED) is 0.377. The SMILES string of the molecule is [2H]C[C@@H](O)CCOc1ccc(C2=Nc3cc4c(O)n(CCCN(C)C)c(=O)c5cccc(c3=N2)c45)cc1. The number of nitrogens with zero attached hydrogens (tertiary/aromatic N) is 4. The van der Waals surface area contributed by atoms with Gasteiger partial charge in [-0.1, -0.05) is 12.1 Å². The zero-order chi connectivity index (χ0) is 26.1. The fourth-order valence-electron chi connectivity index (χ4n) is 4.54. The summed E-state index contributed by atoms with van der Waals surface area (Å²) < 4.78 is 14.3. The number of aromatic hydroxyl groups is 1. The van der Waals surface area contributed by atoms with Crippen LogP contribution in [0.2, 0.25) is 0 Å². The molecule has 0 bridgehead atoms. The summed E-state index contributed by atoms with van der Waals surface area (Å²) in [7, 11) is 3.96. The largest absolute Gasteiger partial charge is 0.494 e. The van der Waals surface area contributed by atoms with E-state index in [0.29, 0.717) is 58.4 Å². The topological polar surface area (TPSA) is 99.6 Å². The zero-order valence-corrected chi connectivity index (χ0v) is 20.4. The molecule has 186 valence electrons. The third-order valence-electron chi connectivity index (χ3n) is 6.35. The van der Waals surface area contributed by atoms with Gasteiger partial charge in [0.1, 0.15) is 5.75 Å². The summed E-state index contributed by atoms with van der Waals surface area (Å²) >= 11 is 0. The molecule has 0 saturated heterocycles. The normalized spacial score (nSPS) is 14.1. The van der Waals surface area contributed by atoms with Gasteiger partial charge in [-0.2, -0.15) is 0 Å². The van der Waals surface area contributed by atoms with Crippen LogP contribution in [0.3, 0.4) is 0 Å². The molecule has 2 N–H and O–H groups in total. The van der Waals surface area contributed by atoms with Crippen molar-refractivity contribution in [3.05, 3.63) is 69.8 Å². The minimum atomic E-state index is -0.683. The lowest BCUT2D eigenvalue weighted by Crippen LogP contribution is -2.23. The number of benzene rings is 3. The molecule has 0 saturated carbocycles. The molecule has 0 aliphatic carbocycles. The fourth-order valence-corrected chi connectivity index (χ4v) is 4.54. The Morgan fingerprint density at radius 2 is 1.89 bits per heavy atom. The smallest absolute Gasteiger partial charge is 0.261 e. The Bertz CT molecular complexity index is 1600. The Morgan fingerprint density at radius 1 is 1.11 bits per heavy atom. The minimum Gasteiger partial charge on any atom is -0.494 e. The molecule has 8 nitrogen and oxygen atoms in total. The Labute approximate surface area is 210 Å². The number of pyridine rings is 1. The van der Waals surface area contributed by atoms with Crippen LogP contribution in [0.25, 0.3) is 21.5 Å². The average Bonchev–Trinajstić information content (AvgIpc) is 3.33. The number of fused-ring (bicyclic) bond motifs is 2. The van der Waals surface area contributed by atoms with Crippen LogP contribution in [0.4, 0.5) is 5.69 Å². The molecule has 36 heavy (non-hydrogen) atoms. The van der Waals surface area contributed by atoms with E-state index in [1.54, 1.807) is 6.07 Å². The van der Waals surface area contributed by atoms with Gasteiger partial charge >= 0.3 is 0 Å². The van der Waals surface area contributed by atoms with E-state index in [4.69, 9.17) is 16.1 Å². The van der Waals surface area contributed by atoms with E-state index in [0.717, 1.165) is 23.9 Å². The summed E-state index contributed by atoms with van der Waals surface area (Å²) in [6.07, 6.45) is 0.457. The summed E-state index contributed by atoms with van der Waals surface area (Å²) in [5.41, 5.74) is 1.25. The van der Waals surface area contributed by atoms with Crippen molar-refractivity contribution >= 4 is 33.1 Å². The second-order valence-corrected chi connectivity index (χ2v) is 9.32. The third kappa shape index (κ3) is 4.45. The van der Waals surface area contributed by atoms with E-state index in [1.165, 1.54) is 4.57 Å². The maximum atomic E-state index is 13.3.